The number of carbonyl (C=O) groups is 1. The number of hydrogen-bond donors (Lipinski definition) is 1. The predicted molar refractivity (Wildman–Crippen MR) is 94.3 cm³/mol. The average molecular weight is 375 g/mol. The molecule has 1 amide bonds. The molecule has 9 heteroatoms. The molecule has 1 N–H and O–H groups in total. The van der Waals surface area contributed by atoms with Crippen LogP contribution >= 0.6 is 11.8 Å². The Bertz CT molecular complexity index is 960. The maximum Gasteiger partial charge on any atom is 0.234 e. The number of halogens is 2. The first-order chi connectivity index (χ1) is 12.4. The van der Waals surface area contributed by atoms with E-state index < -0.39 is 17.5 Å². The minimum Gasteiger partial charge on any atom is -0.323 e. The highest BCUT2D eigenvalue weighted by Crippen LogP contribution is 2.22. The van der Waals surface area contributed by atoms with Gasteiger partial charge in [0.25, 0.3) is 0 Å². The molecule has 0 atom stereocenters. The van der Waals surface area contributed by atoms with Gasteiger partial charge in [0.1, 0.15) is 11.6 Å². The molecular weight excluding hydrogens is 360 g/mol. The quantitative estimate of drug-likeness (QED) is 0.693. The molecule has 0 aliphatic heterocycles. The van der Waals surface area contributed by atoms with Crippen LogP contribution in [0.15, 0.2) is 41.6 Å². The van der Waals surface area contributed by atoms with Crippen molar-refractivity contribution in [2.75, 3.05) is 11.1 Å². The number of benzene rings is 2. The molecule has 0 aliphatic carbocycles. The Morgan fingerprint density at radius 3 is 2.73 bits per heavy atom. The van der Waals surface area contributed by atoms with Crippen LogP contribution in [-0.2, 0) is 4.79 Å². The highest BCUT2D eigenvalue weighted by Gasteiger charge is 2.14. The number of nitrogens with zero attached hydrogens (tertiary/aromatic N) is 4. The van der Waals surface area contributed by atoms with Crippen LogP contribution in [0.1, 0.15) is 11.1 Å². The summed E-state index contributed by atoms with van der Waals surface area (Å²) < 4.78 is 28.0. The van der Waals surface area contributed by atoms with Crippen LogP contribution in [0.25, 0.3) is 5.69 Å². The Labute approximate surface area is 152 Å². The van der Waals surface area contributed by atoms with Gasteiger partial charge in [-0.1, -0.05) is 29.5 Å². The van der Waals surface area contributed by atoms with Crippen molar-refractivity contribution in [1.29, 1.82) is 0 Å². The maximum absolute atomic E-state index is 13.6. The van der Waals surface area contributed by atoms with Crippen LogP contribution in [-0.4, -0.2) is 31.9 Å². The normalized spacial score (nSPS) is 10.8. The van der Waals surface area contributed by atoms with Crippen LogP contribution in [0.4, 0.5) is 14.5 Å². The number of aromatic nitrogens is 4. The van der Waals surface area contributed by atoms with E-state index in [1.54, 1.807) is 4.68 Å². The topological polar surface area (TPSA) is 72.7 Å². The molecule has 0 bridgehead atoms. The summed E-state index contributed by atoms with van der Waals surface area (Å²) in [4.78, 5) is 12.0. The summed E-state index contributed by atoms with van der Waals surface area (Å²) in [5.74, 6) is -2.01. The van der Waals surface area contributed by atoms with Crippen molar-refractivity contribution in [2.45, 2.75) is 19.0 Å². The molecule has 0 aliphatic rings. The minimum atomic E-state index is -0.830. The van der Waals surface area contributed by atoms with E-state index >= 15 is 0 Å². The fourth-order valence-electron chi connectivity index (χ4n) is 2.37. The number of tetrazole rings is 1. The van der Waals surface area contributed by atoms with Gasteiger partial charge in [0, 0.05) is 6.07 Å². The van der Waals surface area contributed by atoms with Gasteiger partial charge in [-0.25, -0.2) is 8.78 Å². The molecule has 0 saturated carbocycles. The summed E-state index contributed by atoms with van der Waals surface area (Å²) in [6.45, 7) is 3.94. The summed E-state index contributed by atoms with van der Waals surface area (Å²) in [5, 5.41) is 14.4. The van der Waals surface area contributed by atoms with Gasteiger partial charge in [-0.15, -0.1) is 5.10 Å². The number of anilines is 1. The van der Waals surface area contributed by atoms with Crippen molar-refractivity contribution >= 4 is 23.4 Å². The largest absolute Gasteiger partial charge is 0.323 e. The lowest BCUT2D eigenvalue weighted by molar-refractivity contribution is -0.113. The fraction of sp³-hybridized carbons (Fsp3) is 0.176. The number of nitrogens with one attached hydrogen (secondary N) is 1. The number of thioether (sulfide) groups is 1. The molecule has 1 heterocycles. The Kier molecular flexibility index (Phi) is 5.27. The monoisotopic (exact) mass is 375 g/mol. The molecule has 0 spiro atoms. The van der Waals surface area contributed by atoms with Crippen LogP contribution in [0.2, 0.25) is 0 Å². The van der Waals surface area contributed by atoms with E-state index in [-0.39, 0.29) is 11.4 Å². The predicted octanol–water partition coefficient (Wildman–Crippen LogP) is 3.29. The summed E-state index contributed by atoms with van der Waals surface area (Å²) in [5.41, 5.74) is 2.85. The second-order valence-electron chi connectivity index (χ2n) is 5.62. The van der Waals surface area contributed by atoms with E-state index in [4.69, 9.17) is 0 Å². The fourth-order valence-corrected chi connectivity index (χ4v) is 3.05. The number of rotatable bonds is 5. The molecule has 134 valence electrons. The van der Waals surface area contributed by atoms with Gasteiger partial charge in [0.2, 0.25) is 11.1 Å². The first-order valence-corrected chi connectivity index (χ1v) is 8.66. The van der Waals surface area contributed by atoms with Gasteiger partial charge in [-0.3, -0.25) is 4.79 Å². The average Bonchev–Trinajstić information content (AvgIpc) is 3.04. The van der Waals surface area contributed by atoms with Gasteiger partial charge in [0.05, 0.1) is 17.1 Å². The SMILES string of the molecule is Cc1ccc(-n2nnnc2SCC(=O)Nc2ccc(F)cc2F)c(C)c1. The number of aryl methyl sites for hydroxylation is 2. The highest BCUT2D eigenvalue weighted by molar-refractivity contribution is 7.99. The van der Waals surface area contributed by atoms with Crippen molar-refractivity contribution in [2.24, 2.45) is 0 Å². The van der Waals surface area contributed by atoms with Crippen molar-refractivity contribution in [3.8, 4) is 5.69 Å². The van der Waals surface area contributed by atoms with Crippen molar-refractivity contribution < 1.29 is 13.6 Å². The molecule has 0 radical (unpaired) electrons. The summed E-state index contributed by atoms with van der Waals surface area (Å²) in [6.07, 6.45) is 0. The standard InChI is InChI=1S/C17H15F2N5OS/c1-10-3-6-15(11(2)7-10)24-17(21-22-23-24)26-9-16(25)20-14-5-4-12(18)8-13(14)19/h3-8H,9H2,1-2H3,(H,20,25). The number of carbonyl (C=O) groups excluding carboxylic acids is 1. The molecule has 6 nitrogen and oxygen atoms in total. The number of hydrogen-bond acceptors (Lipinski definition) is 5. The minimum absolute atomic E-state index is 0.0257. The summed E-state index contributed by atoms with van der Waals surface area (Å²) >= 11 is 1.12. The molecule has 1 aromatic heterocycles. The van der Waals surface area contributed by atoms with Crippen LogP contribution in [0.3, 0.4) is 0 Å². The van der Waals surface area contributed by atoms with Gasteiger partial charge in [-0.05, 0) is 48.0 Å². The zero-order valence-corrected chi connectivity index (χ0v) is 14.8. The van der Waals surface area contributed by atoms with Crippen LogP contribution in [0.5, 0.6) is 0 Å². The first-order valence-electron chi connectivity index (χ1n) is 7.68. The van der Waals surface area contributed by atoms with E-state index in [1.807, 2.05) is 32.0 Å². The molecule has 2 aromatic carbocycles. The van der Waals surface area contributed by atoms with Crippen molar-refractivity contribution in [3.63, 3.8) is 0 Å². The molecule has 0 fully saturated rings. The number of amides is 1. The summed E-state index contributed by atoms with van der Waals surface area (Å²) in [7, 11) is 0. The van der Waals surface area contributed by atoms with Gasteiger partial charge in [-0.2, -0.15) is 4.68 Å². The van der Waals surface area contributed by atoms with E-state index in [2.05, 4.69) is 20.8 Å². The zero-order valence-electron chi connectivity index (χ0n) is 14.0. The van der Waals surface area contributed by atoms with Gasteiger partial charge < -0.3 is 5.32 Å². The van der Waals surface area contributed by atoms with E-state index in [0.717, 1.165) is 34.6 Å². The van der Waals surface area contributed by atoms with E-state index in [0.29, 0.717) is 11.2 Å². The second kappa shape index (κ2) is 7.61. The summed E-state index contributed by atoms with van der Waals surface area (Å²) in [6, 6.07) is 8.82. The van der Waals surface area contributed by atoms with E-state index in [1.165, 1.54) is 6.07 Å². The molecule has 26 heavy (non-hydrogen) atoms. The molecular formula is C17H15F2N5OS. The Hall–Kier alpha value is -2.81. The lowest BCUT2D eigenvalue weighted by Crippen LogP contribution is -2.15. The Morgan fingerprint density at radius 2 is 2.00 bits per heavy atom. The molecule has 3 aromatic rings. The van der Waals surface area contributed by atoms with Crippen LogP contribution < -0.4 is 5.32 Å². The maximum atomic E-state index is 13.6. The Balaban J connectivity index is 1.69. The molecule has 0 unspecified atom stereocenters. The third kappa shape index (κ3) is 4.05. The van der Waals surface area contributed by atoms with Gasteiger partial charge in [0.15, 0.2) is 0 Å². The first kappa shape index (κ1) is 18.0. The van der Waals surface area contributed by atoms with Crippen molar-refractivity contribution in [1.82, 2.24) is 20.2 Å². The second-order valence-corrected chi connectivity index (χ2v) is 6.57. The molecule has 0 saturated heterocycles. The smallest absolute Gasteiger partial charge is 0.234 e. The third-order valence-electron chi connectivity index (χ3n) is 3.56. The molecule has 3 rings (SSSR count). The van der Waals surface area contributed by atoms with E-state index in [9.17, 15) is 13.6 Å². The lowest BCUT2D eigenvalue weighted by Gasteiger charge is -2.09. The zero-order chi connectivity index (χ0) is 18.7. The lowest BCUT2D eigenvalue weighted by atomic mass is 10.1. The highest BCUT2D eigenvalue weighted by atomic mass is 32.2. The Morgan fingerprint density at radius 1 is 1.19 bits per heavy atom. The van der Waals surface area contributed by atoms with Gasteiger partial charge >= 0.3 is 0 Å². The van der Waals surface area contributed by atoms with Crippen molar-refractivity contribution in [3.05, 3.63) is 59.2 Å². The third-order valence-corrected chi connectivity index (χ3v) is 4.48. The van der Waals surface area contributed by atoms with Crippen LogP contribution in [0, 0.1) is 25.5 Å².